The van der Waals surface area contributed by atoms with Crippen LogP contribution in [0.5, 0.6) is 11.1 Å². The summed E-state index contributed by atoms with van der Waals surface area (Å²) in [7, 11) is 0. The fourth-order valence-electron chi connectivity index (χ4n) is 2.90. The van der Waals surface area contributed by atoms with E-state index in [-0.39, 0.29) is 18.1 Å². The number of fused-ring (bicyclic) bond motifs is 1. The number of nitrogens with zero attached hydrogens (tertiary/aromatic N) is 2. The zero-order chi connectivity index (χ0) is 19.4. The molecule has 2 heterocycles. The third-order valence-electron chi connectivity index (χ3n) is 4.23. The summed E-state index contributed by atoms with van der Waals surface area (Å²) in [6, 6.07) is 1.78. The molecule has 0 aromatic carbocycles. The SMILES string of the molecule is CCOc1nc2cc(Cl)c(OCC3CC(OC[C@H](C)NC(C)=O)C3)nc2s1. The quantitative estimate of drug-likeness (QED) is 0.678. The van der Waals surface area contributed by atoms with E-state index in [9.17, 15) is 4.79 Å². The lowest BCUT2D eigenvalue weighted by Gasteiger charge is -2.35. The van der Waals surface area contributed by atoms with Crippen LogP contribution in [0.2, 0.25) is 5.02 Å². The molecule has 0 radical (unpaired) electrons. The summed E-state index contributed by atoms with van der Waals surface area (Å²) < 4.78 is 17.0. The Hall–Kier alpha value is -1.64. The standard InChI is InChI=1S/C18H24ClN3O4S/c1-4-24-18-21-15-7-14(19)16(22-17(15)27-18)26-9-12-5-13(6-12)25-8-10(2)20-11(3)23/h7,10,12-13H,4-6,8-9H2,1-3H3,(H,20,23)/t10-,12?,13?/m0/s1. The van der Waals surface area contributed by atoms with Crippen LogP contribution in [-0.4, -0.2) is 47.8 Å². The first-order chi connectivity index (χ1) is 12.9. The topological polar surface area (TPSA) is 82.6 Å². The Bertz CT molecular complexity index is 794. The molecule has 0 bridgehead atoms. The van der Waals surface area contributed by atoms with E-state index in [4.69, 9.17) is 25.8 Å². The monoisotopic (exact) mass is 413 g/mol. The first-order valence-corrected chi connectivity index (χ1v) is 10.3. The number of rotatable bonds is 9. The second-order valence-electron chi connectivity index (χ2n) is 6.72. The van der Waals surface area contributed by atoms with Gasteiger partial charge in [0, 0.05) is 13.0 Å². The number of ether oxygens (including phenoxy) is 3. The molecule has 27 heavy (non-hydrogen) atoms. The molecule has 1 atom stereocenters. The van der Waals surface area contributed by atoms with E-state index in [1.165, 1.54) is 18.3 Å². The summed E-state index contributed by atoms with van der Waals surface area (Å²) >= 11 is 7.65. The molecule has 7 nitrogen and oxygen atoms in total. The van der Waals surface area contributed by atoms with Gasteiger partial charge in [0.15, 0.2) is 4.83 Å². The van der Waals surface area contributed by atoms with Gasteiger partial charge in [-0.25, -0.2) is 4.98 Å². The van der Waals surface area contributed by atoms with E-state index in [0.29, 0.717) is 47.4 Å². The average Bonchev–Trinajstić information content (AvgIpc) is 2.93. The Balaban J connectivity index is 1.44. The van der Waals surface area contributed by atoms with Crippen molar-refractivity contribution < 1.29 is 19.0 Å². The zero-order valence-electron chi connectivity index (χ0n) is 15.7. The molecular formula is C18H24ClN3O4S. The highest BCUT2D eigenvalue weighted by Crippen LogP contribution is 2.35. The molecule has 1 amide bonds. The Morgan fingerprint density at radius 3 is 2.89 bits per heavy atom. The maximum atomic E-state index is 11.0. The third kappa shape index (κ3) is 5.43. The lowest BCUT2D eigenvalue weighted by atomic mass is 9.83. The van der Waals surface area contributed by atoms with Crippen LogP contribution in [0.1, 0.15) is 33.6 Å². The van der Waals surface area contributed by atoms with Crippen LogP contribution in [0.4, 0.5) is 0 Å². The number of aromatic nitrogens is 2. The molecule has 0 unspecified atom stereocenters. The number of hydrogen-bond donors (Lipinski definition) is 1. The Morgan fingerprint density at radius 1 is 1.41 bits per heavy atom. The molecule has 0 spiro atoms. The van der Waals surface area contributed by atoms with Crippen LogP contribution >= 0.6 is 22.9 Å². The predicted molar refractivity (Wildman–Crippen MR) is 105 cm³/mol. The largest absolute Gasteiger partial charge is 0.476 e. The minimum absolute atomic E-state index is 0.0218. The van der Waals surface area contributed by atoms with Crippen molar-refractivity contribution in [2.45, 2.75) is 45.8 Å². The van der Waals surface area contributed by atoms with E-state index in [1.807, 2.05) is 13.8 Å². The highest BCUT2D eigenvalue weighted by Gasteiger charge is 2.31. The lowest BCUT2D eigenvalue weighted by molar-refractivity contribution is -0.120. The minimum atomic E-state index is -0.0401. The van der Waals surface area contributed by atoms with Gasteiger partial charge in [-0.05, 0) is 38.7 Å². The van der Waals surface area contributed by atoms with E-state index >= 15 is 0 Å². The van der Waals surface area contributed by atoms with Gasteiger partial charge in [-0.3, -0.25) is 4.79 Å². The van der Waals surface area contributed by atoms with Gasteiger partial charge in [-0.1, -0.05) is 22.9 Å². The van der Waals surface area contributed by atoms with Gasteiger partial charge >= 0.3 is 0 Å². The van der Waals surface area contributed by atoms with E-state index in [0.717, 1.165) is 17.7 Å². The number of amides is 1. The number of pyridine rings is 1. The first kappa shape index (κ1) is 20.1. The third-order valence-corrected chi connectivity index (χ3v) is 5.38. The molecular weight excluding hydrogens is 390 g/mol. The maximum absolute atomic E-state index is 11.0. The summed E-state index contributed by atoms with van der Waals surface area (Å²) in [4.78, 5) is 20.5. The number of hydrogen-bond acceptors (Lipinski definition) is 7. The fraction of sp³-hybridized carbons (Fsp3) is 0.611. The number of halogens is 1. The smallest absolute Gasteiger partial charge is 0.275 e. The second-order valence-corrected chi connectivity index (χ2v) is 8.07. The molecule has 0 saturated heterocycles. The molecule has 148 valence electrons. The van der Waals surface area contributed by atoms with Crippen molar-refractivity contribution in [3.05, 3.63) is 11.1 Å². The summed E-state index contributed by atoms with van der Waals surface area (Å²) in [5.41, 5.74) is 0.714. The van der Waals surface area contributed by atoms with Crippen molar-refractivity contribution in [1.82, 2.24) is 15.3 Å². The molecule has 0 aliphatic heterocycles. The van der Waals surface area contributed by atoms with Crippen LogP contribution in [0.3, 0.4) is 0 Å². The summed E-state index contributed by atoms with van der Waals surface area (Å²) in [6.45, 7) is 6.99. The van der Waals surface area contributed by atoms with Gasteiger partial charge in [0.1, 0.15) is 10.5 Å². The van der Waals surface area contributed by atoms with Gasteiger partial charge in [0.25, 0.3) is 5.19 Å². The van der Waals surface area contributed by atoms with E-state index in [2.05, 4.69) is 15.3 Å². The molecule has 1 fully saturated rings. The lowest BCUT2D eigenvalue weighted by Crippen LogP contribution is -2.40. The van der Waals surface area contributed by atoms with Crippen molar-refractivity contribution in [3.8, 4) is 11.1 Å². The van der Waals surface area contributed by atoms with Crippen molar-refractivity contribution >= 4 is 39.2 Å². The van der Waals surface area contributed by atoms with Gasteiger partial charge < -0.3 is 19.5 Å². The van der Waals surface area contributed by atoms with Crippen molar-refractivity contribution in [2.75, 3.05) is 19.8 Å². The van der Waals surface area contributed by atoms with E-state index < -0.39 is 0 Å². The molecule has 1 aliphatic rings. The first-order valence-electron chi connectivity index (χ1n) is 9.06. The highest BCUT2D eigenvalue weighted by atomic mass is 35.5. The maximum Gasteiger partial charge on any atom is 0.275 e. The van der Waals surface area contributed by atoms with Crippen LogP contribution in [0.15, 0.2) is 6.07 Å². The summed E-state index contributed by atoms with van der Waals surface area (Å²) in [6.07, 6.45) is 2.08. The Kier molecular flexibility index (Phi) is 6.73. The van der Waals surface area contributed by atoms with Gasteiger partial charge in [-0.2, -0.15) is 4.98 Å². The van der Waals surface area contributed by atoms with Crippen LogP contribution < -0.4 is 14.8 Å². The number of carbonyl (C=O) groups is 1. The molecule has 9 heteroatoms. The zero-order valence-corrected chi connectivity index (χ0v) is 17.2. The fourth-order valence-corrected chi connectivity index (χ4v) is 3.93. The Morgan fingerprint density at radius 2 is 2.19 bits per heavy atom. The second kappa shape index (κ2) is 9.03. The van der Waals surface area contributed by atoms with Crippen LogP contribution in [0, 0.1) is 5.92 Å². The summed E-state index contributed by atoms with van der Waals surface area (Å²) in [5, 5.41) is 3.84. The normalized spacial score (nSPS) is 20.1. The average molecular weight is 414 g/mol. The van der Waals surface area contributed by atoms with E-state index in [1.54, 1.807) is 6.07 Å². The van der Waals surface area contributed by atoms with Gasteiger partial charge in [0.05, 0.1) is 25.9 Å². The molecule has 1 aliphatic carbocycles. The molecule has 2 aromatic rings. The number of carbonyl (C=O) groups excluding carboxylic acids is 1. The predicted octanol–water partition coefficient (Wildman–Crippen LogP) is 3.44. The summed E-state index contributed by atoms with van der Waals surface area (Å²) in [5.74, 6) is 0.807. The van der Waals surface area contributed by atoms with Gasteiger partial charge in [0.2, 0.25) is 11.8 Å². The van der Waals surface area contributed by atoms with Crippen molar-refractivity contribution in [2.24, 2.45) is 5.92 Å². The Labute approximate surface area is 167 Å². The molecule has 1 saturated carbocycles. The van der Waals surface area contributed by atoms with Crippen molar-refractivity contribution in [1.29, 1.82) is 0 Å². The van der Waals surface area contributed by atoms with Crippen LogP contribution in [0.25, 0.3) is 10.3 Å². The molecule has 3 rings (SSSR count). The molecule has 1 N–H and O–H groups in total. The number of thiazole rings is 1. The molecule has 2 aromatic heterocycles. The van der Waals surface area contributed by atoms with Gasteiger partial charge in [-0.15, -0.1) is 0 Å². The minimum Gasteiger partial charge on any atom is -0.476 e. The number of nitrogens with one attached hydrogen (secondary N) is 1. The van der Waals surface area contributed by atoms with Crippen molar-refractivity contribution in [3.63, 3.8) is 0 Å². The van der Waals surface area contributed by atoms with Crippen LogP contribution in [-0.2, 0) is 9.53 Å². The highest BCUT2D eigenvalue weighted by molar-refractivity contribution is 7.19.